The van der Waals surface area contributed by atoms with Crippen molar-refractivity contribution in [2.24, 2.45) is 0 Å². The number of nitrogens with zero attached hydrogens (tertiary/aromatic N) is 2. The van der Waals surface area contributed by atoms with Crippen LogP contribution in [0, 0.1) is 12.7 Å². The summed E-state index contributed by atoms with van der Waals surface area (Å²) >= 11 is 0. The van der Waals surface area contributed by atoms with Crippen LogP contribution in [0.25, 0.3) is 11.3 Å². The molecule has 2 heterocycles. The van der Waals surface area contributed by atoms with E-state index in [9.17, 15) is 14.3 Å². The summed E-state index contributed by atoms with van der Waals surface area (Å²) in [7, 11) is 0. The molecule has 0 aliphatic heterocycles. The van der Waals surface area contributed by atoms with Crippen molar-refractivity contribution >= 4 is 11.6 Å². The van der Waals surface area contributed by atoms with Gasteiger partial charge in [0.15, 0.2) is 0 Å². The number of nitrogens with one attached hydrogen (secondary N) is 1. The molecular weight excluding hydrogens is 381 g/mol. The monoisotopic (exact) mass is 405 g/mol. The number of aliphatic hydroxyl groups excluding tert-OH is 1. The fraction of sp³-hybridized carbons (Fsp3) is 0.292. The third-order valence-electron chi connectivity index (χ3n) is 5.62. The van der Waals surface area contributed by atoms with Crippen LogP contribution in [0.4, 0.5) is 10.1 Å². The van der Waals surface area contributed by atoms with Crippen LogP contribution in [-0.2, 0) is 0 Å². The first-order valence-corrected chi connectivity index (χ1v) is 10.2. The Morgan fingerprint density at radius 1 is 1.13 bits per heavy atom. The number of rotatable bonds is 4. The van der Waals surface area contributed by atoms with Gasteiger partial charge in [0.05, 0.1) is 23.7 Å². The Labute approximate surface area is 175 Å². The zero-order valence-electron chi connectivity index (χ0n) is 16.8. The van der Waals surface area contributed by atoms with E-state index in [0.29, 0.717) is 16.9 Å². The van der Waals surface area contributed by atoms with Crippen molar-refractivity contribution in [3.05, 3.63) is 77.5 Å². The molecule has 30 heavy (non-hydrogen) atoms. The zero-order valence-corrected chi connectivity index (χ0v) is 16.8. The minimum atomic E-state index is -0.375. The first kappa shape index (κ1) is 20.2. The van der Waals surface area contributed by atoms with E-state index in [2.05, 4.69) is 15.3 Å². The number of aliphatic hydroxyl groups is 1. The molecular formula is C24H24FN3O2. The standard InChI is InChI=1S/C24H24FN3O2/c1-15-5-10-20(25)19(13-15)21-3-2-4-22(27-21)24(30)28-23-14-26-12-11-18(23)16-6-8-17(29)9-7-16/h2-5,10-14,16-17,29H,6-9H2,1H3,(H,28,30)/t16-,17+. The van der Waals surface area contributed by atoms with E-state index in [0.717, 1.165) is 36.8 Å². The van der Waals surface area contributed by atoms with Crippen molar-refractivity contribution in [1.82, 2.24) is 9.97 Å². The van der Waals surface area contributed by atoms with Gasteiger partial charge < -0.3 is 10.4 Å². The molecule has 0 bridgehead atoms. The Bertz CT molecular complexity index is 1060. The van der Waals surface area contributed by atoms with Crippen LogP contribution in [0.2, 0.25) is 0 Å². The highest BCUT2D eigenvalue weighted by molar-refractivity contribution is 6.03. The van der Waals surface area contributed by atoms with Crippen molar-refractivity contribution in [1.29, 1.82) is 0 Å². The van der Waals surface area contributed by atoms with Crippen molar-refractivity contribution in [3.8, 4) is 11.3 Å². The molecule has 1 aromatic carbocycles. The highest BCUT2D eigenvalue weighted by atomic mass is 19.1. The van der Waals surface area contributed by atoms with Gasteiger partial charge in [-0.1, -0.05) is 17.7 Å². The lowest BCUT2D eigenvalue weighted by atomic mass is 9.82. The zero-order chi connectivity index (χ0) is 21.1. The molecule has 1 aliphatic carbocycles. The van der Waals surface area contributed by atoms with E-state index < -0.39 is 0 Å². The van der Waals surface area contributed by atoms with Gasteiger partial charge in [-0.05, 0) is 74.4 Å². The highest BCUT2D eigenvalue weighted by Gasteiger charge is 2.23. The van der Waals surface area contributed by atoms with E-state index >= 15 is 0 Å². The van der Waals surface area contributed by atoms with Gasteiger partial charge in [0, 0.05) is 11.8 Å². The Morgan fingerprint density at radius 3 is 2.73 bits per heavy atom. The van der Waals surface area contributed by atoms with E-state index in [1.165, 1.54) is 6.07 Å². The predicted octanol–water partition coefficient (Wildman–Crippen LogP) is 4.86. The molecule has 1 amide bonds. The largest absolute Gasteiger partial charge is 0.393 e. The second-order valence-corrected chi connectivity index (χ2v) is 7.81. The van der Waals surface area contributed by atoms with Crippen LogP contribution in [0.1, 0.15) is 53.2 Å². The SMILES string of the molecule is Cc1ccc(F)c(-c2cccc(C(=O)Nc3cnccc3[C@H]3CC[C@@H](O)CC3)n2)c1. The molecule has 1 fully saturated rings. The number of halogens is 1. The minimum Gasteiger partial charge on any atom is -0.393 e. The van der Waals surface area contributed by atoms with Crippen LogP contribution in [0.15, 0.2) is 54.9 Å². The lowest BCUT2D eigenvalue weighted by Crippen LogP contribution is -2.20. The Balaban J connectivity index is 1.58. The normalized spacial score (nSPS) is 18.8. The fourth-order valence-corrected chi connectivity index (χ4v) is 3.99. The lowest BCUT2D eigenvalue weighted by molar-refractivity contribution is 0.102. The minimum absolute atomic E-state index is 0.210. The summed E-state index contributed by atoms with van der Waals surface area (Å²) in [4.78, 5) is 21.4. The number of carbonyl (C=O) groups excluding carboxylic acids is 1. The number of carbonyl (C=O) groups is 1. The number of aryl methyl sites for hydroxylation is 1. The van der Waals surface area contributed by atoms with Gasteiger partial charge in [-0.3, -0.25) is 9.78 Å². The highest BCUT2D eigenvalue weighted by Crippen LogP contribution is 2.36. The van der Waals surface area contributed by atoms with Crippen LogP contribution in [-0.4, -0.2) is 27.1 Å². The molecule has 5 nitrogen and oxygen atoms in total. The molecule has 2 N–H and O–H groups in total. The van der Waals surface area contributed by atoms with E-state index in [1.54, 1.807) is 42.7 Å². The number of anilines is 1. The lowest BCUT2D eigenvalue weighted by Gasteiger charge is -2.27. The van der Waals surface area contributed by atoms with Crippen molar-refractivity contribution < 1.29 is 14.3 Å². The third-order valence-corrected chi connectivity index (χ3v) is 5.62. The topological polar surface area (TPSA) is 75.1 Å². The number of pyridine rings is 2. The van der Waals surface area contributed by atoms with Crippen molar-refractivity contribution in [3.63, 3.8) is 0 Å². The van der Waals surface area contributed by atoms with Crippen LogP contribution >= 0.6 is 0 Å². The second kappa shape index (κ2) is 8.71. The summed E-state index contributed by atoms with van der Waals surface area (Å²) < 4.78 is 14.3. The maximum absolute atomic E-state index is 14.3. The summed E-state index contributed by atoms with van der Waals surface area (Å²) in [5.41, 5.74) is 3.58. The van der Waals surface area contributed by atoms with Gasteiger partial charge >= 0.3 is 0 Å². The summed E-state index contributed by atoms with van der Waals surface area (Å²) in [5.74, 6) is -0.470. The van der Waals surface area contributed by atoms with Crippen LogP contribution < -0.4 is 5.32 Å². The molecule has 0 spiro atoms. The number of hydrogen-bond acceptors (Lipinski definition) is 4. The van der Waals surface area contributed by atoms with Crippen LogP contribution in [0.5, 0.6) is 0 Å². The van der Waals surface area contributed by atoms with Gasteiger partial charge in [-0.25, -0.2) is 9.37 Å². The first-order chi connectivity index (χ1) is 14.5. The van der Waals surface area contributed by atoms with E-state index in [1.807, 2.05) is 13.0 Å². The molecule has 1 saturated carbocycles. The van der Waals surface area contributed by atoms with Crippen LogP contribution in [0.3, 0.4) is 0 Å². The third kappa shape index (κ3) is 4.39. The summed E-state index contributed by atoms with van der Waals surface area (Å²) in [6.45, 7) is 1.88. The maximum Gasteiger partial charge on any atom is 0.274 e. The number of benzene rings is 1. The average Bonchev–Trinajstić information content (AvgIpc) is 2.76. The molecule has 0 radical (unpaired) electrons. The molecule has 6 heteroatoms. The number of amides is 1. The first-order valence-electron chi connectivity index (χ1n) is 10.2. The summed E-state index contributed by atoms with van der Waals surface area (Å²) in [5, 5.41) is 12.7. The molecule has 0 atom stereocenters. The van der Waals surface area contributed by atoms with Gasteiger partial charge in [-0.15, -0.1) is 0 Å². The molecule has 1 aliphatic rings. The van der Waals surface area contributed by atoms with Crippen molar-refractivity contribution in [2.45, 2.75) is 44.6 Å². The van der Waals surface area contributed by atoms with Gasteiger partial charge in [0.1, 0.15) is 11.5 Å². The Kier molecular flexibility index (Phi) is 5.86. The predicted molar refractivity (Wildman–Crippen MR) is 114 cm³/mol. The molecule has 0 saturated heterocycles. The quantitative estimate of drug-likeness (QED) is 0.650. The molecule has 2 aromatic heterocycles. The maximum atomic E-state index is 14.3. The second-order valence-electron chi connectivity index (χ2n) is 7.81. The van der Waals surface area contributed by atoms with Gasteiger partial charge in [-0.2, -0.15) is 0 Å². The summed E-state index contributed by atoms with van der Waals surface area (Å²) in [6, 6.07) is 11.7. The number of aromatic nitrogens is 2. The Morgan fingerprint density at radius 2 is 1.93 bits per heavy atom. The fourth-order valence-electron chi connectivity index (χ4n) is 3.99. The van der Waals surface area contributed by atoms with Gasteiger partial charge in [0.2, 0.25) is 0 Å². The average molecular weight is 405 g/mol. The smallest absolute Gasteiger partial charge is 0.274 e. The van der Waals surface area contributed by atoms with Crippen molar-refractivity contribution in [2.75, 3.05) is 5.32 Å². The summed E-state index contributed by atoms with van der Waals surface area (Å²) in [6.07, 6.45) is 6.37. The van der Waals surface area contributed by atoms with E-state index in [-0.39, 0.29) is 29.4 Å². The molecule has 4 rings (SSSR count). The van der Waals surface area contributed by atoms with E-state index in [4.69, 9.17) is 0 Å². The molecule has 0 unspecified atom stereocenters. The molecule has 154 valence electrons. The van der Waals surface area contributed by atoms with Gasteiger partial charge in [0.25, 0.3) is 5.91 Å². The number of hydrogen-bond donors (Lipinski definition) is 2. The Hall–Kier alpha value is -3.12. The molecule has 3 aromatic rings.